The van der Waals surface area contributed by atoms with Crippen LogP contribution in [0.25, 0.3) is 0 Å². The van der Waals surface area contributed by atoms with Crippen molar-refractivity contribution in [3.63, 3.8) is 0 Å². The Balaban J connectivity index is 1.97. The molecular formula is C14H19NO2S. The van der Waals surface area contributed by atoms with E-state index in [0.717, 1.165) is 23.7 Å². The molecule has 3 nitrogen and oxygen atoms in total. The molecule has 0 aliphatic heterocycles. The van der Waals surface area contributed by atoms with E-state index < -0.39 is 9.84 Å². The highest BCUT2D eigenvalue weighted by atomic mass is 32.2. The van der Waals surface area contributed by atoms with Gasteiger partial charge in [-0.25, -0.2) is 8.42 Å². The maximum Gasteiger partial charge on any atom is 0.151 e. The van der Waals surface area contributed by atoms with Crippen LogP contribution in [0.15, 0.2) is 36.4 Å². The Morgan fingerprint density at radius 1 is 1.33 bits per heavy atom. The summed E-state index contributed by atoms with van der Waals surface area (Å²) in [5, 5.41) is 3.27. The Morgan fingerprint density at radius 3 is 2.72 bits per heavy atom. The molecule has 98 valence electrons. The van der Waals surface area contributed by atoms with Crippen LogP contribution in [-0.4, -0.2) is 21.2 Å². The molecule has 1 aromatic rings. The Labute approximate surface area is 109 Å². The van der Waals surface area contributed by atoms with Gasteiger partial charge in [0.05, 0.1) is 5.75 Å². The zero-order valence-corrected chi connectivity index (χ0v) is 11.4. The molecule has 2 rings (SSSR count). The zero-order valence-electron chi connectivity index (χ0n) is 10.6. The molecule has 0 aromatic heterocycles. The van der Waals surface area contributed by atoms with Crippen molar-refractivity contribution >= 4 is 15.5 Å². The second-order valence-corrected chi connectivity index (χ2v) is 7.01. The fraction of sp³-hybridized carbons (Fsp3) is 0.429. The summed E-state index contributed by atoms with van der Waals surface area (Å²) in [6.45, 7) is 0.747. The molecule has 1 aliphatic rings. The molecule has 0 saturated heterocycles. The molecule has 0 amide bonds. The van der Waals surface area contributed by atoms with E-state index in [-0.39, 0.29) is 5.75 Å². The van der Waals surface area contributed by atoms with Gasteiger partial charge in [0.1, 0.15) is 0 Å². The van der Waals surface area contributed by atoms with Gasteiger partial charge in [0, 0.05) is 18.5 Å². The van der Waals surface area contributed by atoms with E-state index in [1.165, 1.54) is 19.1 Å². The first kappa shape index (κ1) is 13.1. The van der Waals surface area contributed by atoms with Crippen LogP contribution in [0.1, 0.15) is 18.4 Å². The molecule has 1 saturated carbocycles. The quantitative estimate of drug-likeness (QED) is 0.804. The number of hydrogen-bond donors (Lipinski definition) is 1. The minimum atomic E-state index is -2.99. The number of nitrogens with one attached hydrogen (secondary N) is 1. The second kappa shape index (κ2) is 5.57. The van der Waals surface area contributed by atoms with E-state index in [4.69, 9.17) is 0 Å². The first-order valence-corrected chi connectivity index (χ1v) is 8.27. The minimum absolute atomic E-state index is 0.0858. The maximum atomic E-state index is 11.3. The summed E-state index contributed by atoms with van der Waals surface area (Å²) >= 11 is 0. The molecule has 1 fully saturated rings. The minimum Gasteiger partial charge on any atom is -0.381 e. The fourth-order valence-corrected chi connectivity index (χ4v) is 2.64. The highest BCUT2D eigenvalue weighted by Crippen LogP contribution is 2.29. The molecule has 0 atom stereocenters. The third kappa shape index (κ3) is 4.53. The largest absolute Gasteiger partial charge is 0.381 e. The van der Waals surface area contributed by atoms with Crippen LogP contribution in [0.4, 0.5) is 5.69 Å². The van der Waals surface area contributed by atoms with Gasteiger partial charge in [-0.15, -0.1) is 0 Å². The van der Waals surface area contributed by atoms with Crippen LogP contribution in [0, 0.1) is 5.92 Å². The highest BCUT2D eigenvalue weighted by molar-refractivity contribution is 7.89. The van der Waals surface area contributed by atoms with Gasteiger partial charge in [-0.1, -0.05) is 30.4 Å². The lowest BCUT2D eigenvalue weighted by Crippen LogP contribution is -2.06. The van der Waals surface area contributed by atoms with Crippen LogP contribution < -0.4 is 5.32 Å². The number of benzene rings is 1. The lowest BCUT2D eigenvalue weighted by molar-refractivity contribution is 0.601. The van der Waals surface area contributed by atoms with Gasteiger partial charge in [-0.3, -0.25) is 0 Å². The third-order valence-electron chi connectivity index (χ3n) is 2.88. The van der Waals surface area contributed by atoms with Gasteiger partial charge in [-0.2, -0.15) is 0 Å². The molecule has 18 heavy (non-hydrogen) atoms. The molecule has 0 radical (unpaired) electrons. The number of sulfone groups is 1. The van der Waals surface area contributed by atoms with E-state index >= 15 is 0 Å². The Kier molecular flexibility index (Phi) is 4.07. The summed E-state index contributed by atoms with van der Waals surface area (Å²) < 4.78 is 22.7. The van der Waals surface area contributed by atoms with Crippen LogP contribution >= 0.6 is 0 Å². The smallest absolute Gasteiger partial charge is 0.151 e. The SMILES string of the molecule is CS(=O)(=O)Cc1ccccc1NCC=CC1CC1. The molecule has 0 heterocycles. The van der Waals surface area contributed by atoms with Gasteiger partial charge in [0.2, 0.25) is 0 Å². The van der Waals surface area contributed by atoms with Gasteiger partial charge >= 0.3 is 0 Å². The van der Waals surface area contributed by atoms with Crippen molar-refractivity contribution in [2.45, 2.75) is 18.6 Å². The van der Waals surface area contributed by atoms with E-state index in [0.29, 0.717) is 0 Å². The van der Waals surface area contributed by atoms with E-state index in [1.807, 2.05) is 24.3 Å². The molecule has 1 aromatic carbocycles. The number of anilines is 1. The van der Waals surface area contributed by atoms with Gasteiger partial charge in [0.25, 0.3) is 0 Å². The van der Waals surface area contributed by atoms with Crippen LogP contribution in [-0.2, 0) is 15.6 Å². The first-order chi connectivity index (χ1) is 8.54. The van der Waals surface area contributed by atoms with Crippen molar-refractivity contribution in [2.75, 3.05) is 18.1 Å². The van der Waals surface area contributed by atoms with Crippen molar-refractivity contribution in [1.29, 1.82) is 0 Å². The number of allylic oxidation sites excluding steroid dienone is 1. The summed E-state index contributed by atoms with van der Waals surface area (Å²) in [6.07, 6.45) is 8.22. The molecule has 0 bridgehead atoms. The van der Waals surface area contributed by atoms with Crippen molar-refractivity contribution in [3.05, 3.63) is 42.0 Å². The van der Waals surface area contributed by atoms with Gasteiger partial charge < -0.3 is 5.32 Å². The predicted octanol–water partition coefficient (Wildman–Crippen LogP) is 2.61. The Bertz CT molecular complexity index is 530. The number of rotatable bonds is 6. The molecule has 1 aliphatic carbocycles. The lowest BCUT2D eigenvalue weighted by Gasteiger charge is -2.09. The first-order valence-electron chi connectivity index (χ1n) is 6.21. The summed E-state index contributed by atoms with van der Waals surface area (Å²) in [5.74, 6) is 0.862. The van der Waals surface area contributed by atoms with E-state index in [9.17, 15) is 8.42 Å². The average molecular weight is 265 g/mol. The van der Waals surface area contributed by atoms with Crippen LogP contribution in [0.2, 0.25) is 0 Å². The standard InChI is InChI=1S/C14H19NO2S/c1-18(16,17)11-13-6-2-3-7-14(13)15-10-4-5-12-8-9-12/h2-7,12,15H,8-11H2,1H3. The number of para-hydroxylation sites is 1. The van der Waals surface area contributed by atoms with Gasteiger partial charge in [0.15, 0.2) is 9.84 Å². The summed E-state index contributed by atoms with van der Waals surface area (Å²) in [5.41, 5.74) is 1.74. The van der Waals surface area contributed by atoms with E-state index in [2.05, 4.69) is 17.5 Å². The summed E-state index contributed by atoms with van der Waals surface area (Å²) in [7, 11) is -2.99. The molecular weight excluding hydrogens is 246 g/mol. The fourth-order valence-electron chi connectivity index (χ4n) is 1.82. The highest BCUT2D eigenvalue weighted by Gasteiger charge is 2.16. The second-order valence-electron chi connectivity index (χ2n) is 4.87. The third-order valence-corrected chi connectivity index (χ3v) is 3.71. The normalized spacial score (nSPS) is 16.1. The Hall–Kier alpha value is -1.29. The number of hydrogen-bond acceptors (Lipinski definition) is 3. The maximum absolute atomic E-state index is 11.3. The predicted molar refractivity (Wildman–Crippen MR) is 75.3 cm³/mol. The van der Waals surface area contributed by atoms with Crippen LogP contribution in [0.5, 0.6) is 0 Å². The molecule has 1 N–H and O–H groups in total. The van der Waals surface area contributed by atoms with Crippen molar-refractivity contribution < 1.29 is 8.42 Å². The summed E-state index contributed by atoms with van der Waals surface area (Å²) in [4.78, 5) is 0. The van der Waals surface area contributed by atoms with Crippen molar-refractivity contribution in [1.82, 2.24) is 0 Å². The van der Waals surface area contributed by atoms with Gasteiger partial charge in [-0.05, 0) is 30.4 Å². The zero-order chi connectivity index (χ0) is 13.0. The summed E-state index contributed by atoms with van der Waals surface area (Å²) in [6, 6.07) is 7.56. The topological polar surface area (TPSA) is 46.2 Å². The molecule has 0 unspecified atom stereocenters. The van der Waals surface area contributed by atoms with Crippen molar-refractivity contribution in [3.8, 4) is 0 Å². The molecule has 0 spiro atoms. The monoisotopic (exact) mass is 265 g/mol. The lowest BCUT2D eigenvalue weighted by atomic mass is 10.2. The van der Waals surface area contributed by atoms with Crippen LogP contribution in [0.3, 0.4) is 0 Å². The average Bonchev–Trinajstić information content (AvgIpc) is 3.08. The molecule has 4 heteroatoms. The Morgan fingerprint density at radius 2 is 2.06 bits per heavy atom. The van der Waals surface area contributed by atoms with E-state index in [1.54, 1.807) is 0 Å². The van der Waals surface area contributed by atoms with Crippen molar-refractivity contribution in [2.24, 2.45) is 5.92 Å².